The molecule has 0 radical (unpaired) electrons. The molecule has 2 aromatic rings. The van der Waals surface area contributed by atoms with Crippen LogP contribution < -0.4 is 9.80 Å². The Kier molecular flexibility index (Phi) is 4.17. The predicted octanol–water partition coefficient (Wildman–Crippen LogP) is 2.60. The number of fused-ring (bicyclic) bond motifs is 1. The molecule has 4 rings (SSSR count). The number of carbonyl (C=O) groups excluding carboxylic acids is 1. The van der Waals surface area contributed by atoms with Crippen molar-refractivity contribution in [2.24, 2.45) is 0 Å². The number of aromatic nitrogens is 1. The van der Waals surface area contributed by atoms with E-state index < -0.39 is 0 Å². The molecule has 1 aromatic carbocycles. The van der Waals surface area contributed by atoms with Gasteiger partial charge in [0.05, 0.1) is 0 Å². The summed E-state index contributed by atoms with van der Waals surface area (Å²) in [5.41, 5.74) is 3.01. The Bertz CT molecular complexity index is 783. The second-order valence-electron chi connectivity index (χ2n) is 7.07. The number of pyridine rings is 1. The summed E-state index contributed by atoms with van der Waals surface area (Å²) in [6.45, 7) is 6.86. The number of carbonyl (C=O) groups is 1. The minimum absolute atomic E-state index is 0.0644. The van der Waals surface area contributed by atoms with Gasteiger partial charge in [-0.2, -0.15) is 0 Å². The standard InChI is InChI=1S/C20H24N4O/c1-15-14-24(18-6-4-3-5-17(15)18)20(25)16-7-8-21-19(13-16)23-11-9-22(2)10-12-23/h3-8,13,15H,9-12,14H2,1-2H3. The topological polar surface area (TPSA) is 39.7 Å². The van der Waals surface area contributed by atoms with Gasteiger partial charge in [0.1, 0.15) is 5.82 Å². The Morgan fingerprint density at radius 1 is 1.12 bits per heavy atom. The first-order chi connectivity index (χ1) is 12.1. The Balaban J connectivity index is 1.58. The summed E-state index contributed by atoms with van der Waals surface area (Å²) in [5, 5.41) is 0. The summed E-state index contributed by atoms with van der Waals surface area (Å²) in [6, 6.07) is 12.0. The van der Waals surface area contributed by atoms with Gasteiger partial charge >= 0.3 is 0 Å². The van der Waals surface area contributed by atoms with Gasteiger partial charge in [-0.15, -0.1) is 0 Å². The lowest BCUT2D eigenvalue weighted by molar-refractivity contribution is 0.0988. The Hall–Kier alpha value is -2.40. The van der Waals surface area contributed by atoms with E-state index in [0.717, 1.165) is 44.2 Å². The average Bonchev–Trinajstić information content (AvgIpc) is 2.99. The molecule has 1 saturated heterocycles. The van der Waals surface area contributed by atoms with E-state index in [9.17, 15) is 4.79 Å². The van der Waals surface area contributed by atoms with Gasteiger partial charge in [-0.1, -0.05) is 25.1 Å². The van der Waals surface area contributed by atoms with Crippen molar-refractivity contribution >= 4 is 17.4 Å². The fourth-order valence-electron chi connectivity index (χ4n) is 3.73. The smallest absolute Gasteiger partial charge is 0.258 e. The fraction of sp³-hybridized carbons (Fsp3) is 0.400. The van der Waals surface area contributed by atoms with Crippen LogP contribution in [0.15, 0.2) is 42.6 Å². The SMILES string of the molecule is CC1CN(C(=O)c2ccnc(N3CCN(C)CC3)c2)c2ccccc21. The van der Waals surface area contributed by atoms with E-state index in [2.05, 4.69) is 34.8 Å². The van der Waals surface area contributed by atoms with Crippen LogP contribution in [-0.2, 0) is 0 Å². The van der Waals surface area contributed by atoms with Crippen LogP contribution in [0.2, 0.25) is 0 Å². The van der Waals surface area contributed by atoms with Gasteiger partial charge in [0.15, 0.2) is 0 Å². The maximum atomic E-state index is 13.1. The fourth-order valence-corrected chi connectivity index (χ4v) is 3.73. The Labute approximate surface area is 148 Å². The van der Waals surface area contributed by atoms with Crippen molar-refractivity contribution in [1.82, 2.24) is 9.88 Å². The molecule has 0 saturated carbocycles. The number of amides is 1. The lowest BCUT2D eigenvalue weighted by Crippen LogP contribution is -2.44. The summed E-state index contributed by atoms with van der Waals surface area (Å²) in [7, 11) is 2.14. The lowest BCUT2D eigenvalue weighted by Gasteiger charge is -2.33. The van der Waals surface area contributed by atoms with Crippen LogP contribution >= 0.6 is 0 Å². The first-order valence-electron chi connectivity index (χ1n) is 8.94. The minimum atomic E-state index is 0.0644. The zero-order valence-electron chi connectivity index (χ0n) is 14.9. The minimum Gasteiger partial charge on any atom is -0.354 e. The third-order valence-electron chi connectivity index (χ3n) is 5.28. The van der Waals surface area contributed by atoms with Crippen molar-refractivity contribution < 1.29 is 4.79 Å². The molecule has 1 amide bonds. The molecular formula is C20H24N4O. The summed E-state index contributed by atoms with van der Waals surface area (Å²) >= 11 is 0. The summed E-state index contributed by atoms with van der Waals surface area (Å²) in [5.74, 6) is 1.34. The highest BCUT2D eigenvalue weighted by Gasteiger charge is 2.30. The normalized spacial score (nSPS) is 20.6. The molecule has 1 fully saturated rings. The molecule has 1 unspecified atom stereocenters. The van der Waals surface area contributed by atoms with Crippen molar-refractivity contribution in [3.8, 4) is 0 Å². The molecule has 2 aliphatic heterocycles. The molecule has 0 aliphatic carbocycles. The van der Waals surface area contributed by atoms with Crippen molar-refractivity contribution in [3.63, 3.8) is 0 Å². The van der Waals surface area contributed by atoms with E-state index in [-0.39, 0.29) is 5.91 Å². The maximum absolute atomic E-state index is 13.1. The number of likely N-dealkylation sites (N-methyl/N-ethyl adjacent to an activating group) is 1. The largest absolute Gasteiger partial charge is 0.354 e. The summed E-state index contributed by atoms with van der Waals surface area (Å²) in [4.78, 5) is 24.1. The highest BCUT2D eigenvalue weighted by molar-refractivity contribution is 6.07. The molecule has 25 heavy (non-hydrogen) atoms. The maximum Gasteiger partial charge on any atom is 0.258 e. The van der Waals surface area contributed by atoms with Crippen LogP contribution in [0.1, 0.15) is 28.8 Å². The highest BCUT2D eigenvalue weighted by atomic mass is 16.2. The lowest BCUT2D eigenvalue weighted by atomic mass is 10.0. The third-order valence-corrected chi connectivity index (χ3v) is 5.28. The molecular weight excluding hydrogens is 312 g/mol. The third kappa shape index (κ3) is 3.00. The van der Waals surface area contributed by atoms with Gasteiger partial charge in [-0.3, -0.25) is 4.79 Å². The zero-order valence-corrected chi connectivity index (χ0v) is 14.9. The van der Waals surface area contributed by atoms with Gasteiger partial charge in [0.25, 0.3) is 5.91 Å². The Morgan fingerprint density at radius 3 is 2.68 bits per heavy atom. The van der Waals surface area contributed by atoms with E-state index in [1.165, 1.54) is 5.56 Å². The first-order valence-corrected chi connectivity index (χ1v) is 8.94. The van der Waals surface area contributed by atoms with Gasteiger partial charge < -0.3 is 14.7 Å². The zero-order chi connectivity index (χ0) is 17.4. The van der Waals surface area contributed by atoms with E-state index in [1.54, 1.807) is 6.20 Å². The van der Waals surface area contributed by atoms with Crippen LogP contribution in [0, 0.1) is 0 Å². The number of anilines is 2. The summed E-state index contributed by atoms with van der Waals surface area (Å²) < 4.78 is 0. The quantitative estimate of drug-likeness (QED) is 0.845. The predicted molar refractivity (Wildman–Crippen MR) is 100 cm³/mol. The molecule has 3 heterocycles. The van der Waals surface area contributed by atoms with Crippen LogP contribution in [0.4, 0.5) is 11.5 Å². The summed E-state index contributed by atoms with van der Waals surface area (Å²) in [6.07, 6.45) is 1.76. The first kappa shape index (κ1) is 16.1. The van der Waals surface area contributed by atoms with Gasteiger partial charge in [-0.25, -0.2) is 4.98 Å². The number of piperazine rings is 1. The number of hydrogen-bond donors (Lipinski definition) is 0. The van der Waals surface area contributed by atoms with Gasteiger partial charge in [0.2, 0.25) is 0 Å². The van der Waals surface area contributed by atoms with Crippen LogP contribution in [0.3, 0.4) is 0 Å². The molecule has 2 aliphatic rings. The Morgan fingerprint density at radius 2 is 1.88 bits per heavy atom. The molecule has 1 atom stereocenters. The molecule has 130 valence electrons. The molecule has 0 bridgehead atoms. The van der Waals surface area contributed by atoms with Crippen LogP contribution in [0.5, 0.6) is 0 Å². The molecule has 5 heteroatoms. The molecule has 5 nitrogen and oxygen atoms in total. The number of benzene rings is 1. The van der Waals surface area contributed by atoms with E-state index in [1.807, 2.05) is 35.2 Å². The van der Waals surface area contributed by atoms with Gasteiger partial charge in [-0.05, 0) is 30.8 Å². The van der Waals surface area contributed by atoms with E-state index in [4.69, 9.17) is 0 Å². The molecule has 0 N–H and O–H groups in total. The molecule has 1 aromatic heterocycles. The number of para-hydroxylation sites is 1. The number of rotatable bonds is 2. The van der Waals surface area contributed by atoms with Crippen molar-refractivity contribution in [2.45, 2.75) is 12.8 Å². The van der Waals surface area contributed by atoms with Crippen LogP contribution in [0.25, 0.3) is 0 Å². The highest BCUT2D eigenvalue weighted by Crippen LogP contribution is 2.36. The van der Waals surface area contributed by atoms with Crippen molar-refractivity contribution in [2.75, 3.05) is 49.6 Å². The van der Waals surface area contributed by atoms with Crippen molar-refractivity contribution in [3.05, 3.63) is 53.7 Å². The van der Waals surface area contributed by atoms with Gasteiger partial charge in [0, 0.05) is 56.1 Å². The monoisotopic (exact) mass is 336 g/mol. The number of hydrogen-bond acceptors (Lipinski definition) is 4. The second-order valence-corrected chi connectivity index (χ2v) is 7.07. The second kappa shape index (κ2) is 6.48. The van der Waals surface area contributed by atoms with E-state index >= 15 is 0 Å². The van der Waals surface area contributed by atoms with Crippen molar-refractivity contribution in [1.29, 1.82) is 0 Å². The van der Waals surface area contributed by atoms with E-state index in [0.29, 0.717) is 11.5 Å². The average molecular weight is 336 g/mol. The number of nitrogens with zero attached hydrogens (tertiary/aromatic N) is 4. The molecule has 0 spiro atoms. The van der Waals surface area contributed by atoms with Crippen LogP contribution in [-0.4, -0.2) is 55.6 Å².